The summed E-state index contributed by atoms with van der Waals surface area (Å²) in [7, 11) is 1.71. The Morgan fingerprint density at radius 1 is 1.53 bits per heavy atom. The SMILES string of the molecule is CCC(N)C(Sc1n[nH]c(=O)n1C)C(C)(C)C. The van der Waals surface area contributed by atoms with E-state index in [9.17, 15) is 4.79 Å². The molecule has 1 aromatic rings. The summed E-state index contributed by atoms with van der Waals surface area (Å²) in [5.41, 5.74) is 6.04. The lowest BCUT2D eigenvalue weighted by molar-refractivity contribution is 0.349. The molecule has 0 radical (unpaired) electrons. The maximum atomic E-state index is 11.3. The van der Waals surface area contributed by atoms with Crippen LogP contribution in [-0.4, -0.2) is 26.1 Å². The molecule has 5 nitrogen and oxygen atoms in total. The first-order valence-electron chi connectivity index (χ1n) is 5.81. The zero-order valence-corrected chi connectivity index (χ0v) is 12.0. The molecule has 2 atom stereocenters. The Morgan fingerprint density at radius 3 is 2.47 bits per heavy atom. The monoisotopic (exact) mass is 258 g/mol. The van der Waals surface area contributed by atoms with Gasteiger partial charge in [0.05, 0.1) is 0 Å². The summed E-state index contributed by atoms with van der Waals surface area (Å²) in [6.45, 7) is 8.55. The van der Waals surface area contributed by atoms with Crippen LogP contribution in [0.1, 0.15) is 34.1 Å². The molecule has 0 aliphatic rings. The number of H-pyrrole nitrogens is 1. The third kappa shape index (κ3) is 3.35. The van der Waals surface area contributed by atoms with Crippen molar-refractivity contribution in [2.75, 3.05) is 0 Å². The number of nitrogens with two attached hydrogens (primary N) is 1. The van der Waals surface area contributed by atoms with Crippen molar-refractivity contribution in [3.63, 3.8) is 0 Å². The molecule has 2 unspecified atom stereocenters. The van der Waals surface area contributed by atoms with Gasteiger partial charge in [-0.1, -0.05) is 39.5 Å². The summed E-state index contributed by atoms with van der Waals surface area (Å²) in [5.74, 6) is 0. The number of hydrogen-bond donors (Lipinski definition) is 2. The van der Waals surface area contributed by atoms with Crippen molar-refractivity contribution in [3.8, 4) is 0 Å². The number of nitrogens with one attached hydrogen (secondary N) is 1. The standard InChI is InChI=1S/C11H22N4OS/c1-6-7(12)8(11(2,3)4)17-10-14-13-9(16)15(10)5/h7-8H,6,12H2,1-5H3,(H,13,16). The molecule has 17 heavy (non-hydrogen) atoms. The lowest BCUT2D eigenvalue weighted by Crippen LogP contribution is -2.40. The molecule has 0 aliphatic carbocycles. The van der Waals surface area contributed by atoms with Gasteiger partial charge in [-0.3, -0.25) is 4.57 Å². The van der Waals surface area contributed by atoms with Crippen LogP contribution in [0.2, 0.25) is 0 Å². The van der Waals surface area contributed by atoms with E-state index in [1.807, 2.05) is 0 Å². The van der Waals surface area contributed by atoms with Crippen LogP contribution in [0.15, 0.2) is 9.95 Å². The van der Waals surface area contributed by atoms with Crippen molar-refractivity contribution in [2.24, 2.45) is 18.2 Å². The van der Waals surface area contributed by atoms with Gasteiger partial charge in [0.2, 0.25) is 0 Å². The summed E-state index contributed by atoms with van der Waals surface area (Å²) < 4.78 is 1.52. The quantitative estimate of drug-likeness (QED) is 0.799. The molecule has 0 saturated carbocycles. The normalized spacial score (nSPS) is 15.9. The summed E-state index contributed by atoms with van der Waals surface area (Å²) in [6, 6.07) is 0.0896. The van der Waals surface area contributed by atoms with E-state index >= 15 is 0 Å². The molecule has 1 heterocycles. The molecule has 1 rings (SSSR count). The van der Waals surface area contributed by atoms with Crippen LogP contribution in [-0.2, 0) is 7.05 Å². The predicted molar refractivity (Wildman–Crippen MR) is 71.2 cm³/mol. The van der Waals surface area contributed by atoms with Crippen LogP contribution < -0.4 is 11.4 Å². The van der Waals surface area contributed by atoms with Crippen LogP contribution >= 0.6 is 11.8 Å². The largest absolute Gasteiger partial charge is 0.343 e. The second-order valence-corrected chi connectivity index (χ2v) is 6.46. The van der Waals surface area contributed by atoms with Gasteiger partial charge in [0.25, 0.3) is 0 Å². The minimum atomic E-state index is -0.190. The highest BCUT2D eigenvalue weighted by atomic mass is 32.2. The molecule has 1 aromatic heterocycles. The van der Waals surface area contributed by atoms with Crippen LogP contribution in [0.25, 0.3) is 0 Å². The molecular weight excluding hydrogens is 236 g/mol. The number of aromatic amines is 1. The maximum absolute atomic E-state index is 11.3. The number of aromatic nitrogens is 3. The Kier molecular flexibility index (Phi) is 4.43. The van der Waals surface area contributed by atoms with Crippen molar-refractivity contribution in [1.29, 1.82) is 0 Å². The first-order chi connectivity index (χ1) is 7.77. The van der Waals surface area contributed by atoms with Gasteiger partial charge in [0, 0.05) is 18.3 Å². The van der Waals surface area contributed by atoms with Crippen molar-refractivity contribution in [2.45, 2.75) is 50.6 Å². The summed E-state index contributed by atoms with van der Waals surface area (Å²) in [6.07, 6.45) is 0.910. The minimum Gasteiger partial charge on any atom is -0.327 e. The van der Waals surface area contributed by atoms with E-state index in [2.05, 4.69) is 37.9 Å². The van der Waals surface area contributed by atoms with E-state index in [1.165, 1.54) is 4.57 Å². The first kappa shape index (κ1) is 14.3. The van der Waals surface area contributed by atoms with Crippen molar-refractivity contribution in [1.82, 2.24) is 14.8 Å². The minimum absolute atomic E-state index is 0.0646. The Labute approximate surface area is 106 Å². The van der Waals surface area contributed by atoms with Gasteiger partial charge in [-0.25, -0.2) is 9.89 Å². The topological polar surface area (TPSA) is 76.7 Å². The van der Waals surface area contributed by atoms with E-state index in [1.54, 1.807) is 18.8 Å². The van der Waals surface area contributed by atoms with Gasteiger partial charge in [0.15, 0.2) is 5.16 Å². The third-order valence-electron chi connectivity index (χ3n) is 2.78. The van der Waals surface area contributed by atoms with Crippen molar-refractivity contribution in [3.05, 3.63) is 10.5 Å². The van der Waals surface area contributed by atoms with Crippen LogP contribution in [0.4, 0.5) is 0 Å². The number of thioether (sulfide) groups is 1. The molecule has 0 aliphatic heterocycles. The fraction of sp³-hybridized carbons (Fsp3) is 0.818. The molecule has 3 N–H and O–H groups in total. The number of nitrogens with zero attached hydrogens (tertiary/aromatic N) is 2. The van der Waals surface area contributed by atoms with E-state index in [0.717, 1.165) is 6.42 Å². The molecular formula is C11H22N4OS. The zero-order valence-electron chi connectivity index (χ0n) is 11.2. The molecule has 98 valence electrons. The molecule has 0 fully saturated rings. The highest BCUT2D eigenvalue weighted by Crippen LogP contribution is 2.36. The van der Waals surface area contributed by atoms with Gasteiger partial charge in [0.1, 0.15) is 0 Å². The molecule has 6 heteroatoms. The second-order valence-electron chi connectivity index (χ2n) is 5.35. The second kappa shape index (κ2) is 5.27. The molecule has 0 bridgehead atoms. The van der Waals surface area contributed by atoms with E-state index in [0.29, 0.717) is 5.16 Å². The lowest BCUT2D eigenvalue weighted by Gasteiger charge is -2.33. The van der Waals surface area contributed by atoms with Crippen LogP contribution in [0.5, 0.6) is 0 Å². The number of hydrogen-bond acceptors (Lipinski definition) is 4. The zero-order chi connectivity index (χ0) is 13.2. The van der Waals surface area contributed by atoms with Gasteiger partial charge in [-0.05, 0) is 11.8 Å². The van der Waals surface area contributed by atoms with E-state index in [4.69, 9.17) is 5.73 Å². The molecule has 0 aromatic carbocycles. The van der Waals surface area contributed by atoms with Gasteiger partial charge >= 0.3 is 5.69 Å². The third-order valence-corrected chi connectivity index (χ3v) is 4.67. The Balaban J connectivity index is 2.95. The number of rotatable bonds is 4. The average molecular weight is 258 g/mol. The fourth-order valence-corrected chi connectivity index (χ4v) is 2.96. The van der Waals surface area contributed by atoms with Crippen molar-refractivity contribution >= 4 is 11.8 Å². The Hall–Kier alpha value is -0.750. The average Bonchev–Trinajstić information content (AvgIpc) is 2.54. The van der Waals surface area contributed by atoms with Gasteiger partial charge in [-0.15, -0.1) is 5.10 Å². The maximum Gasteiger partial charge on any atom is 0.343 e. The van der Waals surface area contributed by atoms with E-state index < -0.39 is 0 Å². The predicted octanol–water partition coefficient (Wildman–Crippen LogP) is 1.35. The highest BCUT2D eigenvalue weighted by Gasteiger charge is 2.31. The van der Waals surface area contributed by atoms with Gasteiger partial charge in [-0.2, -0.15) is 0 Å². The molecule has 0 spiro atoms. The van der Waals surface area contributed by atoms with Crippen molar-refractivity contribution < 1.29 is 0 Å². The van der Waals surface area contributed by atoms with Crippen LogP contribution in [0.3, 0.4) is 0 Å². The van der Waals surface area contributed by atoms with Crippen LogP contribution in [0, 0.1) is 5.41 Å². The molecule has 0 saturated heterocycles. The fourth-order valence-electron chi connectivity index (χ4n) is 1.67. The summed E-state index contributed by atoms with van der Waals surface area (Å²) >= 11 is 1.57. The Morgan fingerprint density at radius 2 is 2.12 bits per heavy atom. The smallest absolute Gasteiger partial charge is 0.327 e. The highest BCUT2D eigenvalue weighted by molar-refractivity contribution is 7.99. The summed E-state index contributed by atoms with van der Waals surface area (Å²) in [5, 5.41) is 7.38. The van der Waals surface area contributed by atoms with E-state index in [-0.39, 0.29) is 22.4 Å². The van der Waals surface area contributed by atoms with Gasteiger partial charge < -0.3 is 5.73 Å². The first-order valence-corrected chi connectivity index (χ1v) is 6.69. The summed E-state index contributed by atoms with van der Waals surface area (Å²) in [4.78, 5) is 11.3. The Bertz CT molecular complexity index is 418. The lowest BCUT2D eigenvalue weighted by atomic mass is 9.87. The molecule has 0 amide bonds.